The van der Waals surface area contributed by atoms with E-state index in [0.29, 0.717) is 18.2 Å². The Labute approximate surface area is 110 Å². The molecule has 4 heteroatoms. The molecule has 2 N–H and O–H groups in total. The Bertz CT molecular complexity index is 448. The van der Waals surface area contributed by atoms with Crippen molar-refractivity contribution in [2.45, 2.75) is 18.9 Å². The fourth-order valence-electron chi connectivity index (χ4n) is 2.19. The zero-order chi connectivity index (χ0) is 12.4. The monoisotopic (exact) mass is 293 g/mol. The van der Waals surface area contributed by atoms with E-state index in [1.165, 1.54) is 12.8 Å². The van der Waals surface area contributed by atoms with Crippen LogP contribution < -0.4 is 10.6 Å². The maximum Gasteiger partial charge on any atom is 0.0992 e. The second-order valence-electron chi connectivity index (χ2n) is 4.53. The van der Waals surface area contributed by atoms with Crippen molar-refractivity contribution in [3.05, 3.63) is 28.2 Å². The van der Waals surface area contributed by atoms with Crippen molar-refractivity contribution in [2.75, 3.05) is 18.5 Å². The highest BCUT2D eigenvalue weighted by Crippen LogP contribution is 2.37. The van der Waals surface area contributed by atoms with E-state index in [2.05, 4.69) is 33.9 Å². The molecule has 1 aliphatic rings. The van der Waals surface area contributed by atoms with Crippen LogP contribution in [0.1, 0.15) is 18.4 Å². The van der Waals surface area contributed by atoms with E-state index in [1.54, 1.807) is 0 Å². The summed E-state index contributed by atoms with van der Waals surface area (Å²) >= 11 is 3.52. The number of nitrogens with zero attached hydrogens (tertiary/aromatic N) is 2. The Hall–Kier alpha value is -1.05. The summed E-state index contributed by atoms with van der Waals surface area (Å²) in [6, 6.07) is 8.22. The van der Waals surface area contributed by atoms with Crippen LogP contribution in [0, 0.1) is 17.2 Å². The van der Waals surface area contributed by atoms with Crippen LogP contribution in [0.3, 0.4) is 0 Å². The van der Waals surface area contributed by atoms with Gasteiger partial charge in [-0.3, -0.25) is 0 Å². The Morgan fingerprint density at radius 1 is 1.59 bits per heavy atom. The molecule has 0 saturated heterocycles. The number of rotatable bonds is 4. The third-order valence-corrected chi connectivity index (χ3v) is 4.00. The summed E-state index contributed by atoms with van der Waals surface area (Å²) in [7, 11) is 2.07. The molecule has 3 nitrogen and oxygen atoms in total. The molecule has 0 amide bonds. The van der Waals surface area contributed by atoms with Gasteiger partial charge in [-0.1, -0.05) is 0 Å². The van der Waals surface area contributed by atoms with E-state index < -0.39 is 0 Å². The van der Waals surface area contributed by atoms with Crippen LogP contribution in [-0.2, 0) is 0 Å². The van der Waals surface area contributed by atoms with Crippen LogP contribution >= 0.6 is 15.9 Å². The molecule has 0 aromatic heterocycles. The zero-order valence-corrected chi connectivity index (χ0v) is 11.4. The Kier molecular flexibility index (Phi) is 3.70. The molecule has 1 atom stereocenters. The molecule has 0 bridgehead atoms. The minimum absolute atomic E-state index is 0.402. The van der Waals surface area contributed by atoms with Crippen molar-refractivity contribution in [1.29, 1.82) is 5.26 Å². The molecule has 90 valence electrons. The first-order chi connectivity index (χ1) is 8.17. The van der Waals surface area contributed by atoms with Gasteiger partial charge in [-0.2, -0.15) is 5.26 Å². The summed E-state index contributed by atoms with van der Waals surface area (Å²) in [6.45, 7) is 0.674. The summed E-state index contributed by atoms with van der Waals surface area (Å²) in [5.41, 5.74) is 7.62. The summed E-state index contributed by atoms with van der Waals surface area (Å²) < 4.78 is 0.957. The fraction of sp³-hybridized carbons (Fsp3) is 0.462. The quantitative estimate of drug-likeness (QED) is 0.928. The largest absolute Gasteiger partial charge is 0.369 e. The van der Waals surface area contributed by atoms with Gasteiger partial charge in [0.05, 0.1) is 17.3 Å². The van der Waals surface area contributed by atoms with E-state index in [0.717, 1.165) is 16.1 Å². The van der Waals surface area contributed by atoms with Crippen LogP contribution in [0.25, 0.3) is 0 Å². The van der Waals surface area contributed by atoms with Crippen molar-refractivity contribution >= 4 is 21.6 Å². The second-order valence-corrected chi connectivity index (χ2v) is 5.38. The predicted octanol–water partition coefficient (Wildman–Crippen LogP) is 2.49. The third kappa shape index (κ3) is 2.62. The lowest BCUT2D eigenvalue weighted by Crippen LogP contribution is -2.39. The second kappa shape index (κ2) is 5.07. The van der Waals surface area contributed by atoms with E-state index in [4.69, 9.17) is 11.0 Å². The van der Waals surface area contributed by atoms with Crippen LogP contribution in [0.15, 0.2) is 22.7 Å². The summed E-state index contributed by atoms with van der Waals surface area (Å²) in [6.07, 6.45) is 2.56. The number of halogens is 1. The van der Waals surface area contributed by atoms with E-state index in [1.807, 2.05) is 18.2 Å². The molecule has 0 radical (unpaired) electrons. The van der Waals surface area contributed by atoms with Gasteiger partial charge in [0.1, 0.15) is 0 Å². The van der Waals surface area contributed by atoms with Gasteiger partial charge in [-0.05, 0) is 52.9 Å². The Morgan fingerprint density at radius 3 is 2.76 bits per heavy atom. The maximum absolute atomic E-state index is 8.84. The number of nitrogens with two attached hydrogens (primary N) is 1. The van der Waals surface area contributed by atoms with Gasteiger partial charge >= 0.3 is 0 Å². The lowest BCUT2D eigenvalue weighted by Gasteiger charge is -2.30. The average Bonchev–Trinajstić information content (AvgIpc) is 3.14. The standard InChI is InChI=1S/C13H16BrN3/c1-17(13(8-16)10-3-4-10)12-5-2-9(7-15)6-11(12)14/h2,5-6,10,13H,3-4,8,16H2,1H3. The maximum atomic E-state index is 8.84. The van der Waals surface area contributed by atoms with Gasteiger partial charge in [0.2, 0.25) is 0 Å². The van der Waals surface area contributed by atoms with E-state index in [9.17, 15) is 0 Å². The zero-order valence-electron chi connectivity index (χ0n) is 9.86. The summed E-state index contributed by atoms with van der Waals surface area (Å²) in [5, 5.41) is 8.84. The van der Waals surface area contributed by atoms with Crippen LogP contribution in [-0.4, -0.2) is 19.6 Å². The Balaban J connectivity index is 2.23. The molecule has 1 aromatic rings. The molecule has 0 aliphatic heterocycles. The van der Waals surface area contributed by atoms with Crippen LogP contribution in [0.2, 0.25) is 0 Å². The number of hydrogen-bond acceptors (Lipinski definition) is 3. The molecule has 0 spiro atoms. The minimum Gasteiger partial charge on any atom is -0.369 e. The number of benzene rings is 1. The molecular formula is C13H16BrN3. The highest BCUT2D eigenvalue weighted by atomic mass is 79.9. The highest BCUT2D eigenvalue weighted by Gasteiger charge is 2.33. The molecule has 2 rings (SSSR count). The van der Waals surface area contributed by atoms with Gasteiger partial charge < -0.3 is 10.6 Å². The third-order valence-electron chi connectivity index (χ3n) is 3.36. The number of likely N-dealkylation sites (N-methyl/N-ethyl adjacent to an activating group) is 1. The molecule has 1 saturated carbocycles. The molecule has 1 aliphatic carbocycles. The minimum atomic E-state index is 0.402. The van der Waals surface area contributed by atoms with E-state index in [-0.39, 0.29) is 0 Å². The fourth-order valence-corrected chi connectivity index (χ4v) is 2.85. The summed E-state index contributed by atoms with van der Waals surface area (Å²) in [4.78, 5) is 2.23. The van der Waals surface area contributed by atoms with Crippen molar-refractivity contribution < 1.29 is 0 Å². The number of anilines is 1. The van der Waals surface area contributed by atoms with Crippen LogP contribution in [0.5, 0.6) is 0 Å². The molecular weight excluding hydrogens is 278 g/mol. The average molecular weight is 294 g/mol. The van der Waals surface area contributed by atoms with E-state index >= 15 is 0 Å². The van der Waals surface area contributed by atoms with Crippen molar-refractivity contribution in [2.24, 2.45) is 11.7 Å². The summed E-state index contributed by atoms with van der Waals surface area (Å²) in [5.74, 6) is 0.729. The predicted molar refractivity (Wildman–Crippen MR) is 72.8 cm³/mol. The van der Waals surface area contributed by atoms with Gasteiger partial charge in [-0.25, -0.2) is 0 Å². The first-order valence-corrected chi connectivity index (χ1v) is 6.59. The SMILES string of the molecule is CN(c1ccc(C#N)cc1Br)C(CN)C1CC1. The van der Waals surface area contributed by atoms with Gasteiger partial charge in [0, 0.05) is 24.1 Å². The lowest BCUT2D eigenvalue weighted by atomic mass is 10.1. The number of nitriles is 1. The smallest absolute Gasteiger partial charge is 0.0992 e. The number of hydrogen-bond donors (Lipinski definition) is 1. The molecule has 17 heavy (non-hydrogen) atoms. The molecule has 1 unspecified atom stereocenters. The molecule has 0 heterocycles. The first-order valence-electron chi connectivity index (χ1n) is 5.80. The first kappa shape index (κ1) is 12.4. The van der Waals surface area contributed by atoms with Crippen molar-refractivity contribution in [1.82, 2.24) is 0 Å². The normalized spacial score (nSPS) is 16.4. The molecule has 1 aromatic carbocycles. The highest BCUT2D eigenvalue weighted by molar-refractivity contribution is 9.10. The topological polar surface area (TPSA) is 53.0 Å². The van der Waals surface area contributed by atoms with Gasteiger partial charge in [0.25, 0.3) is 0 Å². The van der Waals surface area contributed by atoms with Crippen molar-refractivity contribution in [3.8, 4) is 6.07 Å². The molecule has 1 fully saturated rings. The van der Waals surface area contributed by atoms with Gasteiger partial charge in [-0.15, -0.1) is 0 Å². The Morgan fingerprint density at radius 2 is 2.29 bits per heavy atom. The lowest BCUT2D eigenvalue weighted by molar-refractivity contribution is 0.570. The van der Waals surface area contributed by atoms with Crippen LogP contribution in [0.4, 0.5) is 5.69 Å². The van der Waals surface area contributed by atoms with Gasteiger partial charge in [0.15, 0.2) is 0 Å². The van der Waals surface area contributed by atoms with Crippen molar-refractivity contribution in [3.63, 3.8) is 0 Å².